The minimum Gasteiger partial charge on any atom is -0.352 e. The zero-order valence-corrected chi connectivity index (χ0v) is 19.4. The van der Waals surface area contributed by atoms with Gasteiger partial charge in [0.25, 0.3) is 15.9 Å². The third kappa shape index (κ3) is 5.05. The zero-order chi connectivity index (χ0) is 24.3. The van der Waals surface area contributed by atoms with E-state index in [2.05, 4.69) is 5.32 Å². The average molecular weight is 476 g/mol. The number of rotatable bonds is 8. The van der Waals surface area contributed by atoms with Gasteiger partial charge in [-0.05, 0) is 39.0 Å². The largest absolute Gasteiger partial charge is 0.352 e. The molecule has 3 rings (SSSR count). The van der Waals surface area contributed by atoms with Crippen LogP contribution in [0.3, 0.4) is 0 Å². The number of fused-ring (bicyclic) bond motifs is 1. The molecule has 1 aliphatic heterocycles. The Morgan fingerprint density at radius 2 is 1.70 bits per heavy atom. The maximum absolute atomic E-state index is 14.3. The van der Waals surface area contributed by atoms with Gasteiger partial charge in [0.15, 0.2) is 0 Å². The average Bonchev–Trinajstić information content (AvgIpc) is 2.96. The lowest BCUT2D eigenvalue weighted by atomic mass is 10.1. The van der Waals surface area contributed by atoms with E-state index >= 15 is 0 Å². The van der Waals surface area contributed by atoms with Crippen molar-refractivity contribution < 1.29 is 27.2 Å². The van der Waals surface area contributed by atoms with Gasteiger partial charge in [0.05, 0.1) is 5.56 Å². The number of halogens is 1. The Labute approximate surface area is 192 Å². The molecule has 0 unspecified atom stereocenters. The van der Waals surface area contributed by atoms with Gasteiger partial charge in [0.2, 0.25) is 11.8 Å². The van der Waals surface area contributed by atoms with Gasteiger partial charge in [0.1, 0.15) is 16.8 Å². The fourth-order valence-corrected chi connectivity index (χ4v) is 5.16. The molecule has 33 heavy (non-hydrogen) atoms. The molecule has 1 atom stereocenters. The van der Waals surface area contributed by atoms with E-state index in [9.17, 15) is 27.2 Å². The number of carbonyl (C=O) groups is 3. The van der Waals surface area contributed by atoms with Crippen LogP contribution in [0.25, 0.3) is 0 Å². The molecule has 1 heterocycles. The van der Waals surface area contributed by atoms with E-state index in [1.165, 1.54) is 48.2 Å². The molecule has 0 bridgehead atoms. The van der Waals surface area contributed by atoms with Crippen LogP contribution in [0.2, 0.25) is 0 Å². The summed E-state index contributed by atoms with van der Waals surface area (Å²) in [6.45, 7) is 4.49. The lowest BCUT2D eigenvalue weighted by Gasteiger charge is -2.30. The Morgan fingerprint density at radius 3 is 2.33 bits per heavy atom. The minimum atomic E-state index is -4.06. The van der Waals surface area contributed by atoms with Crippen molar-refractivity contribution in [3.05, 3.63) is 65.5 Å². The third-order valence-corrected chi connectivity index (χ3v) is 7.18. The van der Waals surface area contributed by atoms with Crippen molar-refractivity contribution in [2.24, 2.45) is 0 Å². The second-order valence-electron chi connectivity index (χ2n) is 8.08. The van der Waals surface area contributed by atoms with Gasteiger partial charge in [-0.1, -0.05) is 30.3 Å². The highest BCUT2D eigenvalue weighted by atomic mass is 32.2. The SMILES string of the molecule is CC(C)NC(=O)[C@@H](C)N(Cc1ccccc1F)C(=O)CCN1C(=O)c2ccccc2S1(=O)=O. The summed E-state index contributed by atoms with van der Waals surface area (Å²) in [5.74, 6) is -2.24. The summed E-state index contributed by atoms with van der Waals surface area (Å²) in [5.41, 5.74) is 0.269. The van der Waals surface area contributed by atoms with E-state index in [4.69, 9.17) is 0 Å². The van der Waals surface area contributed by atoms with Crippen LogP contribution >= 0.6 is 0 Å². The van der Waals surface area contributed by atoms with Crippen molar-refractivity contribution in [1.82, 2.24) is 14.5 Å². The van der Waals surface area contributed by atoms with Crippen LogP contribution in [0.5, 0.6) is 0 Å². The fourth-order valence-electron chi connectivity index (χ4n) is 3.59. The zero-order valence-electron chi connectivity index (χ0n) is 18.6. The van der Waals surface area contributed by atoms with Gasteiger partial charge in [-0.3, -0.25) is 14.4 Å². The summed E-state index contributed by atoms with van der Waals surface area (Å²) < 4.78 is 40.4. The summed E-state index contributed by atoms with van der Waals surface area (Å²) in [6, 6.07) is 10.6. The molecule has 176 valence electrons. The number of benzene rings is 2. The third-order valence-electron chi connectivity index (χ3n) is 5.34. The molecule has 0 saturated heterocycles. The normalized spacial score (nSPS) is 15.3. The molecular formula is C23H26FN3O5S. The highest BCUT2D eigenvalue weighted by Gasteiger charge is 2.41. The number of carbonyl (C=O) groups excluding carboxylic acids is 3. The van der Waals surface area contributed by atoms with Crippen molar-refractivity contribution in [3.8, 4) is 0 Å². The predicted molar refractivity (Wildman–Crippen MR) is 119 cm³/mol. The topological polar surface area (TPSA) is 104 Å². The molecule has 0 radical (unpaired) electrons. The molecule has 3 amide bonds. The molecule has 2 aromatic carbocycles. The maximum Gasteiger partial charge on any atom is 0.269 e. The first kappa shape index (κ1) is 24.4. The second kappa shape index (κ2) is 9.70. The highest BCUT2D eigenvalue weighted by Crippen LogP contribution is 2.30. The molecule has 0 saturated carbocycles. The first-order chi connectivity index (χ1) is 15.5. The second-order valence-corrected chi connectivity index (χ2v) is 9.91. The summed E-state index contributed by atoms with van der Waals surface area (Å²) in [7, 11) is -4.06. The van der Waals surface area contributed by atoms with Crippen molar-refractivity contribution in [2.75, 3.05) is 6.54 Å². The van der Waals surface area contributed by atoms with E-state index in [0.29, 0.717) is 4.31 Å². The standard InChI is InChI=1S/C23H26FN3O5S/c1-15(2)25-22(29)16(3)26(14-17-8-4-6-10-19(17)24)21(28)12-13-27-23(30)18-9-5-7-11-20(18)33(27,31)32/h4-11,15-16H,12-14H2,1-3H3,(H,25,29)/t16-/m1/s1. The minimum absolute atomic E-state index is 0.0536. The fraction of sp³-hybridized carbons (Fsp3) is 0.348. The van der Waals surface area contributed by atoms with E-state index in [-0.39, 0.29) is 41.6 Å². The van der Waals surface area contributed by atoms with Crippen LogP contribution in [0.4, 0.5) is 4.39 Å². The molecular weight excluding hydrogens is 449 g/mol. The van der Waals surface area contributed by atoms with Gasteiger partial charge in [-0.15, -0.1) is 0 Å². The van der Waals surface area contributed by atoms with Crippen LogP contribution < -0.4 is 5.32 Å². The van der Waals surface area contributed by atoms with E-state index in [0.717, 1.165) is 0 Å². The summed E-state index contributed by atoms with van der Waals surface area (Å²) in [6.07, 6.45) is -0.354. The number of hydrogen-bond donors (Lipinski definition) is 1. The summed E-state index contributed by atoms with van der Waals surface area (Å²) >= 11 is 0. The number of amides is 3. The first-order valence-corrected chi connectivity index (χ1v) is 12.0. The Hall–Kier alpha value is -3.27. The molecule has 2 aromatic rings. The predicted octanol–water partition coefficient (Wildman–Crippen LogP) is 2.30. The van der Waals surface area contributed by atoms with Crippen LogP contribution in [0.15, 0.2) is 53.4 Å². The number of sulfonamides is 1. The van der Waals surface area contributed by atoms with Gasteiger partial charge in [0, 0.05) is 31.1 Å². The van der Waals surface area contributed by atoms with Crippen LogP contribution in [0, 0.1) is 5.82 Å². The molecule has 0 fully saturated rings. The van der Waals surface area contributed by atoms with E-state index in [1.54, 1.807) is 26.0 Å². The highest BCUT2D eigenvalue weighted by molar-refractivity contribution is 7.90. The molecule has 10 heteroatoms. The smallest absolute Gasteiger partial charge is 0.269 e. The van der Waals surface area contributed by atoms with Crippen molar-refractivity contribution in [1.29, 1.82) is 0 Å². The van der Waals surface area contributed by atoms with Gasteiger partial charge in [-0.25, -0.2) is 17.1 Å². The van der Waals surface area contributed by atoms with Crippen molar-refractivity contribution >= 4 is 27.7 Å². The number of nitrogens with zero attached hydrogens (tertiary/aromatic N) is 2. The molecule has 0 aliphatic carbocycles. The summed E-state index contributed by atoms with van der Waals surface area (Å²) in [5, 5.41) is 2.72. The van der Waals surface area contributed by atoms with Crippen LogP contribution in [0.1, 0.15) is 43.1 Å². The lowest BCUT2D eigenvalue weighted by Crippen LogP contribution is -2.49. The molecule has 1 aliphatic rings. The lowest BCUT2D eigenvalue weighted by molar-refractivity contribution is -0.140. The monoisotopic (exact) mass is 475 g/mol. The molecule has 1 N–H and O–H groups in total. The van der Waals surface area contributed by atoms with E-state index < -0.39 is 39.6 Å². The molecule has 8 nitrogen and oxygen atoms in total. The Bertz CT molecular complexity index is 1180. The van der Waals surface area contributed by atoms with Gasteiger partial charge >= 0.3 is 0 Å². The van der Waals surface area contributed by atoms with Gasteiger partial charge in [-0.2, -0.15) is 0 Å². The number of nitrogens with one attached hydrogen (secondary N) is 1. The van der Waals surface area contributed by atoms with Crippen LogP contribution in [-0.4, -0.2) is 54.0 Å². The van der Waals surface area contributed by atoms with E-state index in [1.807, 2.05) is 0 Å². The van der Waals surface area contributed by atoms with Crippen molar-refractivity contribution in [3.63, 3.8) is 0 Å². The Kier molecular flexibility index (Phi) is 7.16. The summed E-state index contributed by atoms with van der Waals surface area (Å²) in [4.78, 5) is 39.4. The quantitative estimate of drug-likeness (QED) is 0.631. The first-order valence-electron chi connectivity index (χ1n) is 10.5. The van der Waals surface area contributed by atoms with Crippen LogP contribution in [-0.2, 0) is 26.2 Å². The Morgan fingerprint density at radius 1 is 1.06 bits per heavy atom. The number of hydrogen-bond acceptors (Lipinski definition) is 5. The molecule has 0 aromatic heterocycles. The Balaban J connectivity index is 1.81. The van der Waals surface area contributed by atoms with Gasteiger partial charge < -0.3 is 10.2 Å². The van der Waals surface area contributed by atoms with Crippen molar-refractivity contribution in [2.45, 2.75) is 50.7 Å². The maximum atomic E-state index is 14.3. The molecule has 0 spiro atoms.